The van der Waals surface area contributed by atoms with Crippen LogP contribution in [-0.4, -0.2) is 16.6 Å². The van der Waals surface area contributed by atoms with Gasteiger partial charge in [-0.25, -0.2) is 9.37 Å². The third-order valence-electron chi connectivity index (χ3n) is 4.07. The molecular formula is C18H15BrFN3OS. The molecule has 1 heterocycles. The van der Waals surface area contributed by atoms with Crippen molar-refractivity contribution in [3.63, 3.8) is 0 Å². The van der Waals surface area contributed by atoms with Crippen molar-refractivity contribution in [3.8, 4) is 6.07 Å². The Morgan fingerprint density at radius 3 is 2.80 bits per heavy atom. The molecule has 0 aliphatic heterocycles. The Hall–Kier alpha value is -1.91. The summed E-state index contributed by atoms with van der Waals surface area (Å²) in [6.45, 7) is 0. The minimum Gasteiger partial charge on any atom is -0.369 e. The average molecular weight is 420 g/mol. The summed E-state index contributed by atoms with van der Waals surface area (Å²) >= 11 is 4.45. The SMILES string of the molecule is N#Cc1ccc(C2CC2)nc1SCC(C(N)=O)c1ccc(F)c(Br)c1. The number of nitriles is 1. The van der Waals surface area contributed by atoms with Crippen molar-refractivity contribution in [3.05, 3.63) is 57.4 Å². The van der Waals surface area contributed by atoms with Crippen LogP contribution in [0.1, 0.15) is 41.5 Å². The fourth-order valence-corrected chi connectivity index (χ4v) is 4.01. The van der Waals surface area contributed by atoms with Crippen LogP contribution in [0.5, 0.6) is 0 Å². The summed E-state index contributed by atoms with van der Waals surface area (Å²) in [6, 6.07) is 10.2. The third-order valence-corrected chi connectivity index (χ3v) is 5.77. The second-order valence-electron chi connectivity index (χ2n) is 5.91. The lowest BCUT2D eigenvalue weighted by Gasteiger charge is -2.14. The second kappa shape index (κ2) is 7.54. The summed E-state index contributed by atoms with van der Waals surface area (Å²) in [4.78, 5) is 16.5. The maximum absolute atomic E-state index is 13.4. The largest absolute Gasteiger partial charge is 0.369 e. The van der Waals surface area contributed by atoms with Crippen LogP contribution in [0.2, 0.25) is 0 Å². The smallest absolute Gasteiger partial charge is 0.225 e. The number of rotatable bonds is 6. The number of pyridine rings is 1. The first kappa shape index (κ1) is 17.9. The van der Waals surface area contributed by atoms with Crippen molar-refractivity contribution in [2.24, 2.45) is 5.73 Å². The summed E-state index contributed by atoms with van der Waals surface area (Å²) in [5.74, 6) is -0.677. The first-order valence-electron chi connectivity index (χ1n) is 7.77. The molecule has 4 nitrogen and oxygen atoms in total. The molecule has 1 aromatic carbocycles. The van der Waals surface area contributed by atoms with Crippen molar-refractivity contribution >= 4 is 33.6 Å². The van der Waals surface area contributed by atoms with Crippen molar-refractivity contribution in [2.75, 3.05) is 5.75 Å². The van der Waals surface area contributed by atoms with Gasteiger partial charge in [0.05, 0.1) is 16.0 Å². The van der Waals surface area contributed by atoms with Gasteiger partial charge in [-0.2, -0.15) is 5.26 Å². The average Bonchev–Trinajstić information content (AvgIpc) is 3.42. The molecule has 2 N–H and O–H groups in total. The molecule has 2 aromatic rings. The minimum absolute atomic E-state index is 0.285. The van der Waals surface area contributed by atoms with Gasteiger partial charge in [0.25, 0.3) is 0 Å². The number of halogens is 2. The van der Waals surface area contributed by atoms with E-state index in [1.54, 1.807) is 18.2 Å². The van der Waals surface area contributed by atoms with Gasteiger partial charge >= 0.3 is 0 Å². The van der Waals surface area contributed by atoms with Crippen LogP contribution in [0, 0.1) is 17.1 Å². The molecule has 0 spiro atoms. The number of hydrogen-bond donors (Lipinski definition) is 1. The van der Waals surface area contributed by atoms with Crippen LogP contribution in [0.15, 0.2) is 39.8 Å². The summed E-state index contributed by atoms with van der Waals surface area (Å²) in [6.07, 6.45) is 2.24. The van der Waals surface area contributed by atoms with Crippen LogP contribution in [0.3, 0.4) is 0 Å². The summed E-state index contributed by atoms with van der Waals surface area (Å²) in [5, 5.41) is 9.89. The fourth-order valence-electron chi connectivity index (χ4n) is 2.49. The maximum Gasteiger partial charge on any atom is 0.225 e. The zero-order chi connectivity index (χ0) is 18.0. The van der Waals surface area contributed by atoms with Crippen molar-refractivity contribution in [2.45, 2.75) is 29.7 Å². The third kappa shape index (κ3) is 4.20. The lowest BCUT2D eigenvalue weighted by atomic mass is 10.0. The number of hydrogen-bond acceptors (Lipinski definition) is 4. The normalized spacial score (nSPS) is 14.8. The van der Waals surface area contributed by atoms with Crippen molar-refractivity contribution < 1.29 is 9.18 Å². The van der Waals surface area contributed by atoms with Crippen molar-refractivity contribution in [1.29, 1.82) is 5.26 Å². The van der Waals surface area contributed by atoms with E-state index in [9.17, 15) is 14.4 Å². The predicted molar refractivity (Wildman–Crippen MR) is 97.7 cm³/mol. The van der Waals surface area contributed by atoms with Crippen LogP contribution >= 0.6 is 27.7 Å². The van der Waals surface area contributed by atoms with Gasteiger partial charge in [-0.15, -0.1) is 11.8 Å². The van der Waals surface area contributed by atoms with Gasteiger partial charge in [-0.1, -0.05) is 6.07 Å². The highest BCUT2D eigenvalue weighted by Crippen LogP contribution is 2.40. The first-order valence-corrected chi connectivity index (χ1v) is 9.55. The minimum atomic E-state index is -0.597. The molecule has 1 unspecified atom stereocenters. The molecule has 1 saturated carbocycles. The standard InChI is InChI=1S/C18H15BrFN3OS/c19-14-7-11(3-5-15(14)20)13(17(22)24)9-25-18-12(8-21)4-6-16(23-18)10-1-2-10/h3-7,10,13H,1-2,9H2,(H2,22,24). The van der Waals surface area contributed by atoms with Gasteiger partial charge in [0, 0.05) is 17.4 Å². The number of carbonyl (C=O) groups excluding carboxylic acids is 1. The number of nitrogens with two attached hydrogens (primary N) is 1. The molecule has 1 fully saturated rings. The number of thioether (sulfide) groups is 1. The Balaban J connectivity index is 1.82. The molecule has 3 rings (SSSR count). The molecular weight excluding hydrogens is 405 g/mol. The van der Waals surface area contributed by atoms with E-state index in [2.05, 4.69) is 27.0 Å². The molecule has 1 aromatic heterocycles. The van der Waals surface area contributed by atoms with E-state index in [4.69, 9.17) is 5.73 Å². The monoisotopic (exact) mass is 419 g/mol. The number of aromatic nitrogens is 1. The lowest BCUT2D eigenvalue weighted by Crippen LogP contribution is -2.23. The molecule has 25 heavy (non-hydrogen) atoms. The van der Waals surface area contributed by atoms with E-state index < -0.39 is 17.6 Å². The molecule has 7 heteroatoms. The van der Waals surface area contributed by atoms with Gasteiger partial charge < -0.3 is 5.73 Å². The highest BCUT2D eigenvalue weighted by Gasteiger charge is 2.26. The van der Waals surface area contributed by atoms with E-state index >= 15 is 0 Å². The van der Waals surface area contributed by atoms with Gasteiger partial charge in [-0.05, 0) is 58.6 Å². The Morgan fingerprint density at radius 2 is 2.20 bits per heavy atom. The Kier molecular flexibility index (Phi) is 5.40. The molecule has 1 aliphatic carbocycles. The Labute approximate surface area is 157 Å². The predicted octanol–water partition coefficient (Wildman–Crippen LogP) is 4.09. The molecule has 0 bridgehead atoms. The van der Waals surface area contributed by atoms with Crippen LogP contribution in [-0.2, 0) is 4.79 Å². The van der Waals surface area contributed by atoms with E-state index in [-0.39, 0.29) is 4.47 Å². The fraction of sp³-hybridized carbons (Fsp3) is 0.278. The maximum atomic E-state index is 13.4. The number of amides is 1. The van der Waals surface area contributed by atoms with Gasteiger partial charge in [-0.3, -0.25) is 4.79 Å². The number of nitrogens with zero attached hydrogens (tertiary/aromatic N) is 2. The van der Waals surface area contributed by atoms with Crippen molar-refractivity contribution in [1.82, 2.24) is 4.98 Å². The lowest BCUT2D eigenvalue weighted by molar-refractivity contribution is -0.118. The number of primary amides is 1. The van der Waals surface area contributed by atoms with E-state index in [0.29, 0.717) is 27.8 Å². The molecule has 0 saturated heterocycles. The molecule has 1 amide bonds. The first-order chi connectivity index (χ1) is 12.0. The topological polar surface area (TPSA) is 79.8 Å². The van der Waals surface area contributed by atoms with Crippen LogP contribution in [0.4, 0.5) is 4.39 Å². The molecule has 0 radical (unpaired) electrons. The summed E-state index contributed by atoms with van der Waals surface area (Å²) in [5.41, 5.74) is 7.63. The Morgan fingerprint density at radius 1 is 1.44 bits per heavy atom. The number of benzene rings is 1. The molecule has 1 aliphatic rings. The molecule has 1 atom stereocenters. The van der Waals surface area contributed by atoms with E-state index in [0.717, 1.165) is 18.5 Å². The Bertz CT molecular complexity index is 864. The second-order valence-corrected chi connectivity index (χ2v) is 7.78. The van der Waals surface area contributed by atoms with Gasteiger partial charge in [0.15, 0.2) is 0 Å². The zero-order valence-electron chi connectivity index (χ0n) is 13.2. The van der Waals surface area contributed by atoms with Crippen LogP contribution < -0.4 is 5.73 Å². The quantitative estimate of drug-likeness (QED) is 0.714. The van der Waals surface area contributed by atoms with Gasteiger partial charge in [0.1, 0.15) is 16.9 Å². The van der Waals surface area contributed by atoms with E-state index in [1.807, 2.05) is 6.07 Å². The highest BCUT2D eigenvalue weighted by molar-refractivity contribution is 9.10. The summed E-state index contributed by atoms with van der Waals surface area (Å²) in [7, 11) is 0. The molecule has 128 valence electrons. The van der Waals surface area contributed by atoms with Crippen LogP contribution in [0.25, 0.3) is 0 Å². The zero-order valence-corrected chi connectivity index (χ0v) is 15.6. The van der Waals surface area contributed by atoms with Gasteiger partial charge in [0.2, 0.25) is 5.91 Å². The number of carbonyl (C=O) groups is 1. The summed E-state index contributed by atoms with van der Waals surface area (Å²) < 4.78 is 13.7. The van der Waals surface area contributed by atoms with E-state index in [1.165, 1.54) is 17.8 Å². The highest BCUT2D eigenvalue weighted by atomic mass is 79.9.